The Labute approximate surface area is 181 Å². The van der Waals surface area contributed by atoms with Crippen molar-refractivity contribution in [3.63, 3.8) is 0 Å². The minimum Gasteiger partial charge on any atom is -0.497 e. The van der Waals surface area contributed by atoms with Gasteiger partial charge in [-0.1, -0.05) is 12.1 Å². The summed E-state index contributed by atoms with van der Waals surface area (Å²) >= 11 is 0. The van der Waals surface area contributed by atoms with Gasteiger partial charge >= 0.3 is 0 Å². The number of pyridine rings is 1. The van der Waals surface area contributed by atoms with Gasteiger partial charge in [0.25, 0.3) is 5.56 Å². The predicted molar refractivity (Wildman–Crippen MR) is 116 cm³/mol. The third kappa shape index (κ3) is 3.93. The van der Waals surface area contributed by atoms with E-state index in [-0.39, 0.29) is 5.56 Å². The highest BCUT2D eigenvalue weighted by molar-refractivity contribution is 5.83. The number of rotatable bonds is 7. The lowest BCUT2D eigenvalue weighted by atomic mass is 10.1. The van der Waals surface area contributed by atoms with E-state index in [1.165, 1.54) is 0 Å². The standard InChI is InChI=1S/C22H19N7O3/c1-31-17-6-7-19-15(10-17)11-18(22(30)25-19)21-26-27-28-29(21)12-14-2-4-16(5-3-14)32-13-20-23-8-9-24-20/h2-11H,12-13H2,1H3,(H,23,24)(H,25,30). The lowest BCUT2D eigenvalue weighted by Gasteiger charge is -2.08. The first-order valence-electron chi connectivity index (χ1n) is 9.87. The van der Waals surface area contributed by atoms with E-state index in [2.05, 4.69) is 30.5 Å². The molecular formula is C22H19N7O3. The maximum absolute atomic E-state index is 12.7. The number of hydrogen-bond acceptors (Lipinski definition) is 7. The van der Waals surface area contributed by atoms with Gasteiger partial charge in [-0.05, 0) is 52.4 Å². The van der Waals surface area contributed by atoms with Gasteiger partial charge in [0.2, 0.25) is 0 Å². The molecule has 3 aromatic heterocycles. The van der Waals surface area contributed by atoms with Crippen LogP contribution < -0.4 is 15.0 Å². The molecule has 0 saturated heterocycles. The van der Waals surface area contributed by atoms with E-state index in [1.807, 2.05) is 30.3 Å². The summed E-state index contributed by atoms with van der Waals surface area (Å²) in [6, 6.07) is 14.8. The first-order chi connectivity index (χ1) is 15.7. The van der Waals surface area contributed by atoms with Gasteiger partial charge in [-0.3, -0.25) is 4.79 Å². The summed E-state index contributed by atoms with van der Waals surface area (Å²) in [5.74, 6) is 2.56. The Morgan fingerprint density at radius 2 is 1.91 bits per heavy atom. The van der Waals surface area contributed by atoms with E-state index >= 15 is 0 Å². The van der Waals surface area contributed by atoms with Crippen LogP contribution in [0.2, 0.25) is 0 Å². The number of aromatic nitrogens is 7. The molecule has 0 fully saturated rings. The average Bonchev–Trinajstić information content (AvgIpc) is 3.50. The molecule has 2 aromatic carbocycles. The van der Waals surface area contributed by atoms with E-state index in [4.69, 9.17) is 9.47 Å². The first-order valence-corrected chi connectivity index (χ1v) is 9.87. The number of nitrogens with one attached hydrogen (secondary N) is 2. The number of benzene rings is 2. The topological polar surface area (TPSA) is 124 Å². The largest absolute Gasteiger partial charge is 0.497 e. The third-order valence-electron chi connectivity index (χ3n) is 5.01. The van der Waals surface area contributed by atoms with Gasteiger partial charge in [-0.2, -0.15) is 0 Å². The molecule has 0 radical (unpaired) electrons. The van der Waals surface area contributed by atoms with Crippen molar-refractivity contribution < 1.29 is 9.47 Å². The van der Waals surface area contributed by atoms with Crippen molar-refractivity contribution in [1.29, 1.82) is 0 Å². The molecule has 2 N–H and O–H groups in total. The maximum Gasteiger partial charge on any atom is 0.259 e. The molecule has 5 aromatic rings. The average molecular weight is 429 g/mol. The summed E-state index contributed by atoms with van der Waals surface area (Å²) in [6.07, 6.45) is 3.44. The van der Waals surface area contributed by atoms with Crippen LogP contribution in [-0.2, 0) is 13.2 Å². The van der Waals surface area contributed by atoms with Crippen LogP contribution >= 0.6 is 0 Å². The van der Waals surface area contributed by atoms with Crippen LogP contribution in [0.25, 0.3) is 22.3 Å². The highest BCUT2D eigenvalue weighted by Crippen LogP contribution is 2.22. The smallest absolute Gasteiger partial charge is 0.259 e. The molecule has 10 nitrogen and oxygen atoms in total. The molecule has 3 heterocycles. The molecule has 160 valence electrons. The number of aromatic amines is 2. The molecule has 0 unspecified atom stereocenters. The molecule has 0 aliphatic heterocycles. The lowest BCUT2D eigenvalue weighted by Crippen LogP contribution is -2.13. The van der Waals surface area contributed by atoms with Gasteiger partial charge in [0.1, 0.15) is 23.9 Å². The second-order valence-electron chi connectivity index (χ2n) is 7.09. The maximum atomic E-state index is 12.7. The Bertz CT molecular complexity index is 1410. The predicted octanol–water partition coefficient (Wildman–Crippen LogP) is 2.54. The molecule has 0 aliphatic carbocycles. The van der Waals surface area contributed by atoms with Crippen LogP contribution in [0.3, 0.4) is 0 Å². The molecule has 32 heavy (non-hydrogen) atoms. The lowest BCUT2D eigenvalue weighted by molar-refractivity contribution is 0.297. The molecule has 10 heteroatoms. The van der Waals surface area contributed by atoms with Crippen molar-refractivity contribution in [2.75, 3.05) is 7.11 Å². The Hall–Kier alpha value is -4.47. The fourth-order valence-corrected chi connectivity index (χ4v) is 3.37. The van der Waals surface area contributed by atoms with E-state index in [1.54, 1.807) is 42.4 Å². The molecule has 0 amide bonds. The van der Waals surface area contributed by atoms with Gasteiger partial charge in [0, 0.05) is 23.3 Å². The van der Waals surface area contributed by atoms with Crippen LogP contribution in [-0.4, -0.2) is 42.3 Å². The van der Waals surface area contributed by atoms with Crippen LogP contribution in [0.4, 0.5) is 0 Å². The zero-order chi connectivity index (χ0) is 21.9. The number of tetrazole rings is 1. The number of fused-ring (bicyclic) bond motifs is 1. The minimum absolute atomic E-state index is 0.264. The minimum atomic E-state index is -0.264. The zero-order valence-corrected chi connectivity index (χ0v) is 17.1. The Morgan fingerprint density at radius 3 is 2.69 bits per heavy atom. The summed E-state index contributed by atoms with van der Waals surface area (Å²) in [6.45, 7) is 0.759. The summed E-state index contributed by atoms with van der Waals surface area (Å²) < 4.78 is 12.6. The van der Waals surface area contributed by atoms with Crippen molar-refractivity contribution in [2.45, 2.75) is 13.2 Å². The highest BCUT2D eigenvalue weighted by atomic mass is 16.5. The Kier molecular flexibility index (Phi) is 5.08. The molecule has 0 bridgehead atoms. The second-order valence-corrected chi connectivity index (χ2v) is 7.09. The molecule has 0 aliphatic rings. The van der Waals surface area contributed by atoms with E-state index < -0.39 is 0 Å². The second kappa shape index (κ2) is 8.34. The van der Waals surface area contributed by atoms with Crippen molar-refractivity contribution in [3.05, 3.63) is 82.7 Å². The van der Waals surface area contributed by atoms with E-state index in [0.29, 0.717) is 35.8 Å². The normalized spacial score (nSPS) is 11.0. The zero-order valence-electron chi connectivity index (χ0n) is 17.1. The van der Waals surface area contributed by atoms with Gasteiger partial charge in [0.05, 0.1) is 19.2 Å². The van der Waals surface area contributed by atoms with Crippen LogP contribution in [0.15, 0.2) is 65.7 Å². The summed E-state index contributed by atoms with van der Waals surface area (Å²) in [7, 11) is 1.60. The number of imidazole rings is 1. The highest BCUT2D eigenvalue weighted by Gasteiger charge is 2.15. The molecule has 0 atom stereocenters. The quantitative estimate of drug-likeness (QED) is 0.407. The third-order valence-corrected chi connectivity index (χ3v) is 5.01. The fourth-order valence-electron chi connectivity index (χ4n) is 3.37. The molecule has 0 spiro atoms. The van der Waals surface area contributed by atoms with Crippen LogP contribution in [0.5, 0.6) is 11.5 Å². The summed E-state index contributed by atoms with van der Waals surface area (Å²) in [4.78, 5) is 22.7. The SMILES string of the molecule is COc1ccc2[nH]c(=O)c(-c3nnnn3Cc3ccc(OCc4ncc[nH]4)cc3)cc2c1. The first kappa shape index (κ1) is 19.5. The van der Waals surface area contributed by atoms with Crippen molar-refractivity contribution in [3.8, 4) is 22.9 Å². The van der Waals surface area contributed by atoms with E-state index in [0.717, 1.165) is 22.5 Å². The summed E-state index contributed by atoms with van der Waals surface area (Å²) in [5, 5.41) is 12.8. The number of nitrogens with zero attached hydrogens (tertiary/aromatic N) is 5. The summed E-state index contributed by atoms with van der Waals surface area (Å²) in [5.41, 5.74) is 1.79. The number of methoxy groups -OCH3 is 1. The Morgan fingerprint density at radius 1 is 1.06 bits per heavy atom. The number of hydrogen-bond donors (Lipinski definition) is 2. The van der Waals surface area contributed by atoms with Crippen molar-refractivity contribution in [1.82, 2.24) is 35.2 Å². The van der Waals surface area contributed by atoms with Gasteiger partial charge in [-0.25, -0.2) is 9.67 Å². The monoisotopic (exact) mass is 429 g/mol. The molecule has 0 saturated carbocycles. The fraction of sp³-hybridized carbons (Fsp3) is 0.136. The van der Waals surface area contributed by atoms with Gasteiger partial charge in [0.15, 0.2) is 5.82 Å². The molecular weight excluding hydrogens is 410 g/mol. The van der Waals surface area contributed by atoms with Gasteiger partial charge in [-0.15, -0.1) is 5.10 Å². The Balaban J connectivity index is 1.38. The number of ether oxygens (including phenoxy) is 2. The van der Waals surface area contributed by atoms with Crippen LogP contribution in [0.1, 0.15) is 11.4 Å². The van der Waals surface area contributed by atoms with E-state index in [9.17, 15) is 4.79 Å². The van der Waals surface area contributed by atoms with Crippen molar-refractivity contribution >= 4 is 10.9 Å². The van der Waals surface area contributed by atoms with Gasteiger partial charge < -0.3 is 19.4 Å². The van der Waals surface area contributed by atoms with Crippen molar-refractivity contribution in [2.24, 2.45) is 0 Å². The molecule has 5 rings (SSSR count). The number of H-pyrrole nitrogens is 2. The van der Waals surface area contributed by atoms with Crippen LogP contribution in [0, 0.1) is 0 Å².